The summed E-state index contributed by atoms with van der Waals surface area (Å²) in [6.45, 7) is 5.60. The first-order valence-electron chi connectivity index (χ1n) is 8.24. The summed E-state index contributed by atoms with van der Waals surface area (Å²) in [5, 5.41) is 13.8. The van der Waals surface area contributed by atoms with Crippen molar-refractivity contribution in [3.05, 3.63) is 34.4 Å². The zero-order chi connectivity index (χ0) is 19.5. The van der Waals surface area contributed by atoms with E-state index in [-0.39, 0.29) is 24.0 Å². The van der Waals surface area contributed by atoms with Crippen LogP contribution in [0.25, 0.3) is 0 Å². The second-order valence-electron chi connectivity index (χ2n) is 7.05. The molecule has 9 nitrogen and oxygen atoms in total. The summed E-state index contributed by atoms with van der Waals surface area (Å²) in [6.07, 6.45) is 0.260. The molecule has 0 aliphatic carbocycles. The first-order valence-corrected chi connectivity index (χ1v) is 9.68. The third-order valence-electron chi connectivity index (χ3n) is 3.85. The molecule has 2 rings (SSSR count). The van der Waals surface area contributed by atoms with Crippen LogP contribution >= 0.6 is 0 Å². The number of nitro groups is 1. The Hall–Kier alpha value is -2.20. The van der Waals surface area contributed by atoms with Gasteiger partial charge < -0.3 is 10.1 Å². The number of nitro benzene ring substituents is 1. The number of rotatable bonds is 4. The van der Waals surface area contributed by atoms with Crippen molar-refractivity contribution in [2.24, 2.45) is 0 Å². The summed E-state index contributed by atoms with van der Waals surface area (Å²) in [5.41, 5.74) is -1.05. The van der Waals surface area contributed by atoms with Gasteiger partial charge in [-0.05, 0) is 39.7 Å². The number of piperidine rings is 1. The van der Waals surface area contributed by atoms with Gasteiger partial charge in [-0.15, -0.1) is 0 Å². The number of sulfonamides is 1. The summed E-state index contributed by atoms with van der Waals surface area (Å²) in [7, 11) is -3.97. The molecule has 1 N–H and O–H groups in total. The highest BCUT2D eigenvalue weighted by Gasteiger charge is 2.34. The van der Waals surface area contributed by atoms with Gasteiger partial charge in [0.15, 0.2) is 4.90 Å². The van der Waals surface area contributed by atoms with Gasteiger partial charge >= 0.3 is 6.09 Å². The number of carbonyl (C=O) groups is 1. The molecule has 1 heterocycles. The van der Waals surface area contributed by atoms with E-state index in [0.29, 0.717) is 12.8 Å². The molecule has 0 radical (unpaired) electrons. The molecule has 0 saturated carbocycles. The van der Waals surface area contributed by atoms with Gasteiger partial charge in [-0.3, -0.25) is 10.1 Å². The van der Waals surface area contributed by atoms with Crippen LogP contribution in [0.1, 0.15) is 33.6 Å². The molecular formula is C16H23N3O6S. The molecule has 1 aromatic rings. The number of carbonyl (C=O) groups excluding carboxylic acids is 1. The molecule has 0 aromatic heterocycles. The number of amides is 1. The third-order valence-corrected chi connectivity index (χ3v) is 5.80. The summed E-state index contributed by atoms with van der Waals surface area (Å²) >= 11 is 0. The average molecular weight is 385 g/mol. The monoisotopic (exact) mass is 385 g/mol. The average Bonchev–Trinajstić information content (AvgIpc) is 2.53. The van der Waals surface area contributed by atoms with Crippen molar-refractivity contribution < 1.29 is 22.9 Å². The lowest BCUT2D eigenvalue weighted by Crippen LogP contribution is -2.47. The van der Waals surface area contributed by atoms with E-state index in [2.05, 4.69) is 5.32 Å². The van der Waals surface area contributed by atoms with Crippen LogP contribution in [-0.2, 0) is 14.8 Å². The maximum Gasteiger partial charge on any atom is 0.407 e. The Morgan fingerprint density at radius 3 is 2.38 bits per heavy atom. The molecule has 1 aromatic carbocycles. The van der Waals surface area contributed by atoms with Gasteiger partial charge in [0.2, 0.25) is 10.0 Å². The van der Waals surface area contributed by atoms with Crippen LogP contribution < -0.4 is 5.32 Å². The van der Waals surface area contributed by atoms with Crippen LogP contribution in [0, 0.1) is 10.1 Å². The molecule has 1 amide bonds. The van der Waals surface area contributed by atoms with Gasteiger partial charge in [0.1, 0.15) is 5.60 Å². The molecule has 0 unspecified atom stereocenters. The van der Waals surface area contributed by atoms with Crippen LogP contribution in [0.2, 0.25) is 0 Å². The highest BCUT2D eigenvalue weighted by molar-refractivity contribution is 7.89. The number of para-hydroxylation sites is 1. The summed E-state index contributed by atoms with van der Waals surface area (Å²) in [6, 6.07) is 5.08. The predicted molar refractivity (Wildman–Crippen MR) is 94.2 cm³/mol. The van der Waals surface area contributed by atoms with E-state index in [1.165, 1.54) is 28.6 Å². The zero-order valence-corrected chi connectivity index (χ0v) is 15.8. The third kappa shape index (κ3) is 4.92. The fourth-order valence-corrected chi connectivity index (χ4v) is 4.31. The first kappa shape index (κ1) is 20.1. The lowest BCUT2D eigenvalue weighted by molar-refractivity contribution is -0.387. The number of nitrogens with one attached hydrogen (secondary N) is 1. The minimum absolute atomic E-state index is 0.162. The van der Waals surface area contributed by atoms with Gasteiger partial charge in [0.05, 0.1) is 4.92 Å². The largest absolute Gasteiger partial charge is 0.444 e. The van der Waals surface area contributed by atoms with Crippen LogP contribution in [-0.4, -0.2) is 48.5 Å². The van der Waals surface area contributed by atoms with E-state index in [1.54, 1.807) is 20.8 Å². The molecule has 0 bridgehead atoms. The zero-order valence-electron chi connectivity index (χ0n) is 15.0. The molecule has 0 atom stereocenters. The fourth-order valence-electron chi connectivity index (χ4n) is 2.68. The maximum atomic E-state index is 12.7. The highest BCUT2D eigenvalue weighted by atomic mass is 32.2. The minimum Gasteiger partial charge on any atom is -0.444 e. The molecule has 1 fully saturated rings. The molecular weight excluding hydrogens is 362 g/mol. The summed E-state index contributed by atoms with van der Waals surface area (Å²) in [5.74, 6) is 0. The van der Waals surface area contributed by atoms with Crippen molar-refractivity contribution >= 4 is 21.8 Å². The lowest BCUT2D eigenvalue weighted by atomic mass is 10.1. The van der Waals surface area contributed by atoms with Gasteiger partial charge in [-0.25, -0.2) is 13.2 Å². The number of hydrogen-bond donors (Lipinski definition) is 1. The van der Waals surface area contributed by atoms with E-state index < -0.39 is 32.3 Å². The van der Waals surface area contributed by atoms with E-state index in [4.69, 9.17) is 4.74 Å². The van der Waals surface area contributed by atoms with Crippen LogP contribution in [0.5, 0.6) is 0 Å². The number of alkyl carbamates (subject to hydrolysis) is 1. The van der Waals surface area contributed by atoms with Gasteiger partial charge in [0, 0.05) is 25.2 Å². The molecule has 10 heteroatoms. The molecule has 26 heavy (non-hydrogen) atoms. The van der Waals surface area contributed by atoms with E-state index in [0.717, 1.165) is 0 Å². The quantitative estimate of drug-likeness (QED) is 0.627. The van der Waals surface area contributed by atoms with Gasteiger partial charge in [0.25, 0.3) is 5.69 Å². The van der Waals surface area contributed by atoms with Crippen LogP contribution in [0.3, 0.4) is 0 Å². The molecule has 1 saturated heterocycles. The van der Waals surface area contributed by atoms with Crippen molar-refractivity contribution in [3.8, 4) is 0 Å². The molecule has 0 spiro atoms. The molecule has 1 aliphatic rings. The topological polar surface area (TPSA) is 119 Å². The van der Waals surface area contributed by atoms with Crippen molar-refractivity contribution in [2.75, 3.05) is 13.1 Å². The van der Waals surface area contributed by atoms with Crippen molar-refractivity contribution in [2.45, 2.75) is 50.2 Å². The Labute approximate surface area is 152 Å². The second-order valence-corrected chi connectivity index (χ2v) is 8.96. The second kappa shape index (κ2) is 7.58. The number of ether oxygens (including phenoxy) is 1. The Morgan fingerprint density at radius 1 is 1.27 bits per heavy atom. The normalized spacial score (nSPS) is 16.9. The number of benzene rings is 1. The van der Waals surface area contributed by atoms with Crippen molar-refractivity contribution in [1.82, 2.24) is 9.62 Å². The number of hydrogen-bond acceptors (Lipinski definition) is 6. The first-order chi connectivity index (χ1) is 12.0. The standard InChI is InChI=1S/C16H23N3O6S/c1-16(2,3)25-15(20)17-12-8-10-18(11-9-12)26(23,24)14-7-5-4-6-13(14)19(21)22/h4-7,12H,8-11H2,1-3H3,(H,17,20). The molecule has 1 aliphatic heterocycles. The minimum atomic E-state index is -3.97. The van der Waals surface area contributed by atoms with E-state index >= 15 is 0 Å². The predicted octanol–water partition coefficient (Wildman–Crippen LogP) is 2.27. The summed E-state index contributed by atoms with van der Waals surface area (Å²) < 4.78 is 31.9. The van der Waals surface area contributed by atoms with Gasteiger partial charge in [-0.2, -0.15) is 4.31 Å². The SMILES string of the molecule is CC(C)(C)OC(=O)NC1CCN(S(=O)(=O)c2ccccc2[N+](=O)[O-])CC1. The fraction of sp³-hybridized carbons (Fsp3) is 0.562. The highest BCUT2D eigenvalue weighted by Crippen LogP contribution is 2.28. The van der Waals surface area contributed by atoms with Crippen LogP contribution in [0.4, 0.5) is 10.5 Å². The van der Waals surface area contributed by atoms with Crippen molar-refractivity contribution in [3.63, 3.8) is 0 Å². The van der Waals surface area contributed by atoms with Crippen LogP contribution in [0.15, 0.2) is 29.2 Å². The number of nitrogens with zero attached hydrogens (tertiary/aromatic N) is 2. The smallest absolute Gasteiger partial charge is 0.407 e. The van der Waals surface area contributed by atoms with E-state index in [9.17, 15) is 23.3 Å². The molecule has 144 valence electrons. The maximum absolute atomic E-state index is 12.7. The summed E-state index contributed by atoms with van der Waals surface area (Å²) in [4.78, 5) is 21.9. The lowest BCUT2D eigenvalue weighted by Gasteiger charge is -2.32. The van der Waals surface area contributed by atoms with Crippen molar-refractivity contribution in [1.29, 1.82) is 0 Å². The van der Waals surface area contributed by atoms with Gasteiger partial charge in [-0.1, -0.05) is 12.1 Å². The Morgan fingerprint density at radius 2 is 1.85 bits per heavy atom. The Balaban J connectivity index is 2.03. The Bertz CT molecular complexity index is 779. The van der Waals surface area contributed by atoms with E-state index in [1.807, 2.05) is 0 Å². The Kier molecular flexibility index (Phi) is 5.87.